The smallest absolute Gasteiger partial charge is 0.434 e. The average Bonchev–Trinajstić information content (AvgIpc) is 3.67. The molecule has 1 saturated heterocycles. The highest BCUT2D eigenvalue weighted by Gasteiger charge is 2.41. The lowest BCUT2D eigenvalue weighted by molar-refractivity contribution is -0.143. The van der Waals surface area contributed by atoms with Crippen molar-refractivity contribution in [1.82, 2.24) is 19.7 Å². The number of amides is 1. The Hall–Kier alpha value is -4.43. The SMILES string of the molecule is CCOC(=O)c1cnn(-c2cccc(-c3sc(C)cc3COc3ccc(C4CCN(C(=O)OC(C)(C)C)CC4)c(CO)c3)n2)c1C(F)(F)F. The molecule has 262 valence electrons. The van der Waals surface area contributed by atoms with Crippen molar-refractivity contribution in [3.63, 3.8) is 0 Å². The lowest BCUT2D eigenvalue weighted by Gasteiger charge is -2.34. The number of halogens is 3. The van der Waals surface area contributed by atoms with Gasteiger partial charge in [0.15, 0.2) is 11.5 Å². The maximum Gasteiger partial charge on any atom is 0.434 e. The number of carbonyl (C=O) groups is 2. The van der Waals surface area contributed by atoms with Crippen molar-refractivity contribution < 1.29 is 42.1 Å². The zero-order valence-corrected chi connectivity index (χ0v) is 28.8. The molecule has 10 nitrogen and oxygen atoms in total. The van der Waals surface area contributed by atoms with E-state index in [1.807, 2.05) is 52.0 Å². The van der Waals surface area contributed by atoms with Crippen LogP contribution in [-0.2, 0) is 28.9 Å². The van der Waals surface area contributed by atoms with Gasteiger partial charge >= 0.3 is 18.2 Å². The van der Waals surface area contributed by atoms with Crippen LogP contribution in [0.15, 0.2) is 48.7 Å². The van der Waals surface area contributed by atoms with Gasteiger partial charge in [-0.05, 0) is 94.8 Å². The number of aliphatic hydroxyl groups is 1. The number of hydrogen-bond donors (Lipinski definition) is 1. The number of pyridine rings is 1. The molecule has 0 radical (unpaired) electrons. The molecule has 5 rings (SSSR count). The summed E-state index contributed by atoms with van der Waals surface area (Å²) in [7, 11) is 0. The third-order valence-electron chi connectivity index (χ3n) is 7.91. The minimum Gasteiger partial charge on any atom is -0.489 e. The van der Waals surface area contributed by atoms with Crippen LogP contribution in [0.2, 0.25) is 0 Å². The van der Waals surface area contributed by atoms with E-state index in [1.54, 1.807) is 17.0 Å². The van der Waals surface area contributed by atoms with E-state index in [1.165, 1.54) is 24.3 Å². The maximum atomic E-state index is 14.1. The number of aliphatic hydroxyl groups excluding tert-OH is 1. The predicted octanol–water partition coefficient (Wildman–Crippen LogP) is 7.69. The molecule has 1 fully saturated rings. The molecule has 1 aromatic carbocycles. The standard InChI is InChI=1S/C35H39F3N4O6S/c1-6-46-32(44)27-18-39-42(31(27)35(36,37)38)29-9-7-8-28(40-29)30-24(16-21(2)49-30)20-47-25-10-11-26(23(17-25)19-43)22-12-14-41(15-13-22)33(45)48-34(3,4)5/h7-11,16-18,22,43H,6,12-15,19-20H2,1-5H3. The highest BCUT2D eigenvalue weighted by Crippen LogP contribution is 2.37. The van der Waals surface area contributed by atoms with Gasteiger partial charge in [0, 0.05) is 23.5 Å². The molecule has 0 saturated carbocycles. The second-order valence-corrected chi connectivity index (χ2v) is 13.9. The normalized spacial score (nSPS) is 14.2. The first-order valence-corrected chi connectivity index (χ1v) is 16.7. The lowest BCUT2D eigenvalue weighted by atomic mass is 9.86. The van der Waals surface area contributed by atoms with Crippen molar-refractivity contribution in [2.24, 2.45) is 0 Å². The third kappa shape index (κ3) is 8.42. The summed E-state index contributed by atoms with van der Waals surface area (Å²) < 4.78 is 59.4. The number of rotatable bonds is 9. The van der Waals surface area contributed by atoms with Crippen molar-refractivity contribution in [3.05, 3.63) is 81.5 Å². The number of alkyl halides is 3. The lowest BCUT2D eigenvalue weighted by Crippen LogP contribution is -2.41. The van der Waals surface area contributed by atoms with E-state index in [2.05, 4.69) is 10.1 Å². The second-order valence-electron chi connectivity index (χ2n) is 12.7. The van der Waals surface area contributed by atoms with Crippen LogP contribution in [0.1, 0.15) is 84.1 Å². The molecule has 0 spiro atoms. The van der Waals surface area contributed by atoms with Crippen LogP contribution in [0.5, 0.6) is 5.75 Å². The zero-order chi connectivity index (χ0) is 35.5. The van der Waals surface area contributed by atoms with Crippen LogP contribution < -0.4 is 4.74 Å². The fourth-order valence-corrected chi connectivity index (χ4v) is 6.77. The Labute approximate surface area is 286 Å². The molecule has 1 N–H and O–H groups in total. The van der Waals surface area contributed by atoms with E-state index in [-0.39, 0.29) is 37.6 Å². The number of aromatic nitrogens is 3. The number of esters is 1. The van der Waals surface area contributed by atoms with Gasteiger partial charge in [0.1, 0.15) is 23.5 Å². The topological polar surface area (TPSA) is 116 Å². The molecule has 3 aromatic heterocycles. The molecule has 0 aliphatic carbocycles. The number of benzene rings is 1. The summed E-state index contributed by atoms with van der Waals surface area (Å²) in [4.78, 5) is 32.6. The number of piperidine rings is 1. The predicted molar refractivity (Wildman–Crippen MR) is 177 cm³/mol. The summed E-state index contributed by atoms with van der Waals surface area (Å²) in [6.07, 6.45) is -2.90. The Morgan fingerprint density at radius 1 is 1.06 bits per heavy atom. The number of ether oxygens (including phenoxy) is 3. The second kappa shape index (κ2) is 14.6. The molecular formula is C35H39F3N4O6S. The van der Waals surface area contributed by atoms with Gasteiger partial charge in [0.25, 0.3) is 0 Å². The zero-order valence-electron chi connectivity index (χ0n) is 28.0. The molecule has 14 heteroatoms. The van der Waals surface area contributed by atoms with E-state index >= 15 is 0 Å². The van der Waals surface area contributed by atoms with E-state index in [4.69, 9.17) is 14.2 Å². The van der Waals surface area contributed by atoms with Gasteiger partial charge in [-0.25, -0.2) is 19.3 Å². The molecule has 49 heavy (non-hydrogen) atoms. The van der Waals surface area contributed by atoms with Crippen molar-refractivity contribution in [2.75, 3.05) is 19.7 Å². The molecule has 4 aromatic rings. The minimum atomic E-state index is -4.89. The van der Waals surface area contributed by atoms with Gasteiger partial charge in [0.2, 0.25) is 0 Å². The van der Waals surface area contributed by atoms with Crippen LogP contribution in [0.4, 0.5) is 18.0 Å². The van der Waals surface area contributed by atoms with E-state index < -0.39 is 29.0 Å². The van der Waals surface area contributed by atoms with Crippen LogP contribution in [0.3, 0.4) is 0 Å². The van der Waals surface area contributed by atoms with Gasteiger partial charge in [-0.2, -0.15) is 18.3 Å². The first-order valence-electron chi connectivity index (χ1n) is 15.9. The molecule has 1 aliphatic heterocycles. The highest BCUT2D eigenvalue weighted by molar-refractivity contribution is 7.15. The fourth-order valence-electron chi connectivity index (χ4n) is 5.78. The van der Waals surface area contributed by atoms with E-state index in [0.29, 0.717) is 34.1 Å². The van der Waals surface area contributed by atoms with Crippen LogP contribution in [0, 0.1) is 6.92 Å². The Balaban J connectivity index is 1.32. The summed E-state index contributed by atoms with van der Waals surface area (Å²) in [6.45, 7) is 9.94. The third-order valence-corrected chi connectivity index (χ3v) is 9.03. The summed E-state index contributed by atoms with van der Waals surface area (Å²) in [6, 6.07) is 12.2. The molecule has 1 aliphatic rings. The summed E-state index contributed by atoms with van der Waals surface area (Å²) in [5, 5.41) is 14.1. The van der Waals surface area contributed by atoms with Gasteiger partial charge in [-0.1, -0.05) is 12.1 Å². The number of thiophene rings is 1. The molecule has 0 atom stereocenters. The summed E-state index contributed by atoms with van der Waals surface area (Å²) in [5.41, 5.74) is 0.426. The molecule has 1 amide bonds. The molecule has 0 bridgehead atoms. The number of nitrogens with zero attached hydrogens (tertiary/aromatic N) is 4. The Morgan fingerprint density at radius 3 is 2.45 bits per heavy atom. The van der Waals surface area contributed by atoms with E-state index in [9.17, 15) is 27.9 Å². The summed E-state index contributed by atoms with van der Waals surface area (Å²) >= 11 is 1.42. The molecule has 0 unspecified atom stereocenters. The quantitative estimate of drug-likeness (QED) is 0.177. The van der Waals surface area contributed by atoms with E-state index in [0.717, 1.165) is 40.6 Å². The first kappa shape index (κ1) is 35.9. The first-order chi connectivity index (χ1) is 23.2. The maximum absolute atomic E-state index is 14.1. The van der Waals surface area contributed by atoms with Gasteiger partial charge in [-0.15, -0.1) is 11.3 Å². The van der Waals surface area contributed by atoms with Gasteiger partial charge < -0.3 is 24.2 Å². The number of likely N-dealkylation sites (tertiary alicyclic amines) is 1. The Kier molecular flexibility index (Phi) is 10.7. The number of carbonyl (C=O) groups excluding carboxylic acids is 2. The largest absolute Gasteiger partial charge is 0.489 e. The van der Waals surface area contributed by atoms with Crippen molar-refractivity contribution >= 4 is 23.4 Å². The molecule has 4 heterocycles. The van der Waals surface area contributed by atoms with Crippen molar-refractivity contribution in [1.29, 1.82) is 0 Å². The summed E-state index contributed by atoms with van der Waals surface area (Å²) in [5.74, 6) is -0.515. The van der Waals surface area contributed by atoms with Crippen molar-refractivity contribution in [3.8, 4) is 22.1 Å². The number of aryl methyl sites for hydroxylation is 1. The highest BCUT2D eigenvalue weighted by atomic mass is 32.1. The Bertz CT molecular complexity index is 1810. The van der Waals surface area contributed by atoms with Crippen molar-refractivity contribution in [2.45, 2.75) is 78.4 Å². The van der Waals surface area contributed by atoms with Crippen LogP contribution >= 0.6 is 11.3 Å². The minimum absolute atomic E-state index is 0.0835. The van der Waals surface area contributed by atoms with Crippen LogP contribution in [0.25, 0.3) is 16.4 Å². The average molecular weight is 701 g/mol. The van der Waals surface area contributed by atoms with Gasteiger partial charge in [0.05, 0.1) is 30.0 Å². The number of hydrogen-bond acceptors (Lipinski definition) is 9. The molecular weight excluding hydrogens is 661 g/mol. The van der Waals surface area contributed by atoms with Gasteiger partial charge in [-0.3, -0.25) is 0 Å². The Morgan fingerprint density at radius 2 is 1.80 bits per heavy atom. The van der Waals surface area contributed by atoms with Crippen LogP contribution in [-0.4, -0.2) is 62.1 Å². The monoisotopic (exact) mass is 700 g/mol. The fraction of sp³-hybridized carbons (Fsp3) is 0.429.